The highest BCUT2D eigenvalue weighted by Gasteiger charge is 2.44. The van der Waals surface area contributed by atoms with Gasteiger partial charge in [0.25, 0.3) is 5.89 Å². The van der Waals surface area contributed by atoms with Crippen molar-refractivity contribution in [1.82, 2.24) is 34.7 Å². The first-order valence-electron chi connectivity index (χ1n) is 12.0. The number of aromatic amines is 1. The molecule has 4 aromatic heterocycles. The molecular weight excluding hydrogens is 473 g/mol. The van der Waals surface area contributed by atoms with Gasteiger partial charge in [-0.05, 0) is 50.0 Å². The third-order valence-corrected chi connectivity index (χ3v) is 7.54. The van der Waals surface area contributed by atoms with Crippen molar-refractivity contribution in [2.24, 2.45) is 11.8 Å². The van der Waals surface area contributed by atoms with Crippen molar-refractivity contribution < 1.29 is 8.81 Å². The molecular formula is C24H25ClFN7O2. The van der Waals surface area contributed by atoms with Gasteiger partial charge in [-0.25, -0.2) is 29.2 Å². The van der Waals surface area contributed by atoms with Crippen molar-refractivity contribution in [1.29, 1.82) is 0 Å². The average molecular weight is 498 g/mol. The standard InChI is InChI=1S/C24H25ClFN7O2/c1-13-3-5-14(6-4-13)12-33-18-17(15-9-16(25)11-27-10-15)28-20(21-31-32-23(34)35-21)29-19(18)30-22(33)24(26)7-2-8-24/h9-11,13-14H,2-8,12H2,1H3,(H,32,34)/t13-,14-. The Hall–Kier alpha value is -3.14. The molecule has 35 heavy (non-hydrogen) atoms. The third-order valence-electron chi connectivity index (χ3n) is 7.33. The van der Waals surface area contributed by atoms with Crippen molar-refractivity contribution in [3.05, 3.63) is 39.9 Å². The highest BCUT2D eigenvalue weighted by atomic mass is 35.5. The number of imidazole rings is 1. The molecule has 0 bridgehead atoms. The number of alkyl halides is 1. The molecule has 2 fully saturated rings. The van der Waals surface area contributed by atoms with Crippen LogP contribution < -0.4 is 5.76 Å². The Kier molecular flexibility index (Phi) is 5.43. The molecule has 1 N–H and O–H groups in total. The number of nitrogens with one attached hydrogen (secondary N) is 1. The van der Waals surface area contributed by atoms with E-state index in [0.29, 0.717) is 64.5 Å². The van der Waals surface area contributed by atoms with E-state index in [4.69, 9.17) is 26.0 Å². The molecule has 0 spiro atoms. The zero-order valence-electron chi connectivity index (χ0n) is 19.3. The lowest BCUT2D eigenvalue weighted by Crippen LogP contribution is -2.33. The van der Waals surface area contributed by atoms with Gasteiger partial charge in [-0.15, -0.1) is 5.10 Å². The van der Waals surface area contributed by atoms with E-state index < -0.39 is 11.4 Å². The Morgan fingerprint density at radius 2 is 2.00 bits per heavy atom. The van der Waals surface area contributed by atoms with E-state index in [0.717, 1.165) is 32.1 Å². The number of fused-ring (bicyclic) bond motifs is 1. The Labute approximate surface area is 205 Å². The maximum Gasteiger partial charge on any atom is 0.434 e. The fourth-order valence-corrected chi connectivity index (χ4v) is 5.37. The zero-order chi connectivity index (χ0) is 24.2. The number of aromatic nitrogens is 7. The van der Waals surface area contributed by atoms with Gasteiger partial charge in [0.05, 0.1) is 5.02 Å². The largest absolute Gasteiger partial charge is 0.434 e. The van der Waals surface area contributed by atoms with E-state index in [1.807, 2.05) is 4.57 Å². The van der Waals surface area contributed by atoms with Crippen LogP contribution in [0.3, 0.4) is 0 Å². The number of halogens is 2. The Morgan fingerprint density at radius 3 is 2.66 bits per heavy atom. The quantitative estimate of drug-likeness (QED) is 0.409. The number of nitrogens with zero attached hydrogens (tertiary/aromatic N) is 6. The van der Waals surface area contributed by atoms with Gasteiger partial charge in [-0.2, -0.15) is 0 Å². The van der Waals surface area contributed by atoms with E-state index in [-0.39, 0.29) is 11.7 Å². The van der Waals surface area contributed by atoms with Crippen molar-refractivity contribution in [3.8, 4) is 23.0 Å². The summed E-state index contributed by atoms with van der Waals surface area (Å²) in [7, 11) is 0. The number of hydrogen-bond acceptors (Lipinski definition) is 7. The summed E-state index contributed by atoms with van der Waals surface area (Å²) in [5, 5.41) is 6.54. The van der Waals surface area contributed by atoms with Gasteiger partial charge in [0.2, 0.25) is 5.82 Å². The molecule has 182 valence electrons. The van der Waals surface area contributed by atoms with Gasteiger partial charge in [0.15, 0.2) is 11.3 Å². The summed E-state index contributed by atoms with van der Waals surface area (Å²) < 4.78 is 23.0. The monoisotopic (exact) mass is 497 g/mol. The lowest BCUT2D eigenvalue weighted by Gasteiger charge is -2.34. The fraction of sp³-hybridized carbons (Fsp3) is 0.500. The Balaban J connectivity index is 1.58. The number of pyridine rings is 1. The molecule has 6 rings (SSSR count). The van der Waals surface area contributed by atoms with E-state index in [1.54, 1.807) is 12.3 Å². The van der Waals surface area contributed by atoms with Crippen LogP contribution in [-0.2, 0) is 12.2 Å². The van der Waals surface area contributed by atoms with Crippen LogP contribution in [-0.4, -0.2) is 34.7 Å². The Bertz CT molecular complexity index is 1450. The topological polar surface area (TPSA) is 115 Å². The maximum absolute atomic E-state index is 15.9. The van der Waals surface area contributed by atoms with Crippen LogP contribution in [0, 0.1) is 11.8 Å². The zero-order valence-corrected chi connectivity index (χ0v) is 20.1. The smallest absolute Gasteiger partial charge is 0.384 e. The summed E-state index contributed by atoms with van der Waals surface area (Å²) in [5.74, 6) is 0.819. The summed E-state index contributed by atoms with van der Waals surface area (Å²) in [6.07, 6.45) is 9.37. The number of hydrogen-bond donors (Lipinski definition) is 1. The van der Waals surface area contributed by atoms with Crippen molar-refractivity contribution >= 4 is 22.8 Å². The van der Waals surface area contributed by atoms with Gasteiger partial charge in [-0.1, -0.05) is 31.4 Å². The first kappa shape index (κ1) is 22.3. The van der Waals surface area contributed by atoms with Crippen LogP contribution in [0.15, 0.2) is 27.7 Å². The summed E-state index contributed by atoms with van der Waals surface area (Å²) in [6.45, 7) is 2.93. The van der Waals surface area contributed by atoms with Gasteiger partial charge in [-0.3, -0.25) is 4.98 Å². The van der Waals surface area contributed by atoms with Crippen LogP contribution in [0.5, 0.6) is 0 Å². The third kappa shape index (κ3) is 4.03. The highest BCUT2D eigenvalue weighted by Crippen LogP contribution is 2.46. The van der Waals surface area contributed by atoms with Crippen LogP contribution in [0.25, 0.3) is 34.1 Å². The predicted octanol–water partition coefficient (Wildman–Crippen LogP) is 5.06. The van der Waals surface area contributed by atoms with E-state index in [9.17, 15) is 4.79 Å². The molecule has 0 saturated heterocycles. The molecule has 0 radical (unpaired) electrons. The lowest BCUT2D eigenvalue weighted by atomic mass is 9.80. The molecule has 4 aromatic rings. The van der Waals surface area contributed by atoms with Crippen LogP contribution in [0.1, 0.15) is 57.7 Å². The molecule has 4 heterocycles. The van der Waals surface area contributed by atoms with Gasteiger partial charge >= 0.3 is 5.76 Å². The second kappa shape index (κ2) is 8.51. The van der Waals surface area contributed by atoms with Crippen LogP contribution >= 0.6 is 11.6 Å². The molecule has 9 nitrogen and oxygen atoms in total. The minimum atomic E-state index is -1.49. The summed E-state index contributed by atoms with van der Waals surface area (Å²) in [5.41, 5.74) is 0.602. The second-order valence-electron chi connectivity index (χ2n) is 9.87. The maximum atomic E-state index is 15.9. The lowest BCUT2D eigenvalue weighted by molar-refractivity contribution is 0.0458. The first-order valence-corrected chi connectivity index (χ1v) is 12.4. The average Bonchev–Trinajstić information content (AvgIpc) is 3.42. The van der Waals surface area contributed by atoms with Crippen molar-refractivity contribution in [2.45, 2.75) is 64.1 Å². The molecule has 0 aliphatic heterocycles. The predicted molar refractivity (Wildman–Crippen MR) is 127 cm³/mol. The number of rotatable bonds is 5. The van der Waals surface area contributed by atoms with Gasteiger partial charge < -0.3 is 8.98 Å². The number of H-pyrrole nitrogens is 1. The molecule has 2 aliphatic carbocycles. The molecule has 11 heteroatoms. The van der Waals surface area contributed by atoms with Gasteiger partial charge in [0.1, 0.15) is 17.0 Å². The molecule has 0 amide bonds. The molecule has 2 saturated carbocycles. The first-order chi connectivity index (χ1) is 16.9. The highest BCUT2D eigenvalue weighted by molar-refractivity contribution is 6.30. The van der Waals surface area contributed by atoms with Crippen LogP contribution in [0.4, 0.5) is 4.39 Å². The summed E-state index contributed by atoms with van der Waals surface area (Å²) in [6, 6.07) is 1.74. The second-order valence-corrected chi connectivity index (χ2v) is 10.3. The normalized spacial score (nSPS) is 21.8. The van der Waals surface area contributed by atoms with Crippen molar-refractivity contribution in [3.63, 3.8) is 0 Å². The van der Waals surface area contributed by atoms with Crippen LogP contribution in [0.2, 0.25) is 5.02 Å². The fourth-order valence-electron chi connectivity index (χ4n) is 5.20. The summed E-state index contributed by atoms with van der Waals surface area (Å²) >= 11 is 6.26. The minimum Gasteiger partial charge on any atom is -0.384 e. The Morgan fingerprint density at radius 1 is 1.20 bits per heavy atom. The molecule has 0 unspecified atom stereocenters. The van der Waals surface area contributed by atoms with Crippen molar-refractivity contribution in [2.75, 3.05) is 0 Å². The molecule has 0 aromatic carbocycles. The molecule has 2 aliphatic rings. The van der Waals surface area contributed by atoms with E-state index in [1.165, 1.54) is 6.20 Å². The van der Waals surface area contributed by atoms with Gasteiger partial charge in [0, 0.05) is 24.5 Å². The SMILES string of the molecule is C[C@H]1CC[C@H](Cn2c(C3(F)CCC3)nc3nc(-c4n[nH]c(=O)o4)nc(-c4cncc(Cl)c4)c32)CC1. The molecule has 0 atom stereocenters. The minimum absolute atomic E-state index is 0.0656. The van der Waals surface area contributed by atoms with E-state index in [2.05, 4.69) is 27.1 Å². The summed E-state index contributed by atoms with van der Waals surface area (Å²) in [4.78, 5) is 29.7. The van der Waals surface area contributed by atoms with E-state index >= 15 is 4.39 Å².